The number of aromatic nitrogens is 2. The topological polar surface area (TPSA) is 38.1 Å². The molecule has 2 aliphatic rings. The maximum atomic E-state index is 13.7. The lowest BCUT2D eigenvalue weighted by molar-refractivity contribution is 0.219. The SMILES string of the molecule is CN1CCC(n2c(-c3ccc(Cl)cc3)nc3sc4c(c3c2=O)CCC4)CC1. The molecule has 1 saturated heterocycles. The third-order valence-corrected chi connectivity index (χ3v) is 7.36. The highest BCUT2D eigenvalue weighted by atomic mass is 35.5. The minimum absolute atomic E-state index is 0.152. The first-order valence-electron chi connectivity index (χ1n) is 9.63. The molecule has 4 nitrogen and oxygen atoms in total. The van der Waals surface area contributed by atoms with Crippen LogP contribution in [0.15, 0.2) is 29.1 Å². The number of likely N-dealkylation sites (tertiary alicyclic amines) is 1. The second kappa shape index (κ2) is 6.73. The number of piperidine rings is 1. The average Bonchev–Trinajstić information content (AvgIpc) is 3.24. The molecule has 1 aliphatic carbocycles. The van der Waals surface area contributed by atoms with E-state index in [1.807, 2.05) is 28.8 Å². The lowest BCUT2D eigenvalue weighted by Crippen LogP contribution is -2.36. The van der Waals surface area contributed by atoms with E-state index >= 15 is 0 Å². The van der Waals surface area contributed by atoms with Gasteiger partial charge in [0.25, 0.3) is 5.56 Å². The fraction of sp³-hybridized carbons (Fsp3) is 0.429. The van der Waals surface area contributed by atoms with Gasteiger partial charge < -0.3 is 4.90 Å². The van der Waals surface area contributed by atoms with Gasteiger partial charge in [0, 0.05) is 21.5 Å². The van der Waals surface area contributed by atoms with Crippen LogP contribution in [0.4, 0.5) is 0 Å². The first-order chi connectivity index (χ1) is 13.1. The van der Waals surface area contributed by atoms with Crippen molar-refractivity contribution in [1.82, 2.24) is 14.5 Å². The Bertz CT molecular complexity index is 1060. The van der Waals surface area contributed by atoms with Gasteiger partial charge in [0.1, 0.15) is 10.7 Å². The van der Waals surface area contributed by atoms with E-state index < -0.39 is 0 Å². The Hall–Kier alpha value is -1.69. The van der Waals surface area contributed by atoms with Crippen LogP contribution in [0, 0.1) is 0 Å². The van der Waals surface area contributed by atoms with Gasteiger partial charge in [-0.25, -0.2) is 4.98 Å². The zero-order valence-corrected chi connectivity index (χ0v) is 16.9. The summed E-state index contributed by atoms with van der Waals surface area (Å²) in [6, 6.07) is 7.90. The van der Waals surface area contributed by atoms with Crippen molar-refractivity contribution in [3.63, 3.8) is 0 Å². The molecule has 1 aliphatic heterocycles. The highest BCUT2D eigenvalue weighted by Gasteiger charge is 2.28. The highest BCUT2D eigenvalue weighted by molar-refractivity contribution is 7.18. The van der Waals surface area contributed by atoms with Gasteiger partial charge in [0.05, 0.1) is 5.39 Å². The van der Waals surface area contributed by atoms with Crippen molar-refractivity contribution in [3.8, 4) is 11.4 Å². The van der Waals surface area contributed by atoms with Crippen molar-refractivity contribution < 1.29 is 0 Å². The van der Waals surface area contributed by atoms with Crippen molar-refractivity contribution in [3.05, 3.63) is 50.1 Å². The van der Waals surface area contributed by atoms with Crippen LogP contribution in [0.3, 0.4) is 0 Å². The molecule has 1 aromatic carbocycles. The largest absolute Gasteiger partial charge is 0.306 e. The number of aryl methyl sites for hydroxylation is 2. The number of hydrogen-bond donors (Lipinski definition) is 0. The normalized spacial score (nSPS) is 18.3. The molecule has 0 atom stereocenters. The molecule has 0 unspecified atom stereocenters. The molecule has 5 rings (SSSR count). The zero-order chi connectivity index (χ0) is 18.5. The summed E-state index contributed by atoms with van der Waals surface area (Å²) in [5.41, 5.74) is 2.38. The van der Waals surface area contributed by atoms with E-state index in [0.717, 1.165) is 66.8 Å². The molecule has 2 aromatic heterocycles. The van der Waals surface area contributed by atoms with Crippen LogP contribution >= 0.6 is 22.9 Å². The van der Waals surface area contributed by atoms with E-state index in [1.54, 1.807) is 11.3 Å². The fourth-order valence-electron chi connectivity index (χ4n) is 4.45. The maximum absolute atomic E-state index is 13.7. The molecule has 0 spiro atoms. The van der Waals surface area contributed by atoms with Gasteiger partial charge in [-0.05, 0) is 82.1 Å². The van der Waals surface area contributed by atoms with Crippen LogP contribution in [-0.4, -0.2) is 34.6 Å². The molecule has 0 radical (unpaired) electrons. The number of fused-ring (bicyclic) bond motifs is 3. The smallest absolute Gasteiger partial charge is 0.263 e. The Morgan fingerprint density at radius 2 is 1.89 bits per heavy atom. The van der Waals surface area contributed by atoms with E-state index in [2.05, 4.69) is 11.9 Å². The van der Waals surface area contributed by atoms with Crippen LogP contribution < -0.4 is 5.56 Å². The van der Waals surface area contributed by atoms with E-state index in [9.17, 15) is 4.79 Å². The molecular formula is C21H22ClN3OS. The van der Waals surface area contributed by atoms with Crippen LogP contribution in [0.25, 0.3) is 21.6 Å². The second-order valence-electron chi connectivity index (χ2n) is 7.69. The van der Waals surface area contributed by atoms with E-state index in [-0.39, 0.29) is 11.6 Å². The first kappa shape index (κ1) is 17.4. The third kappa shape index (κ3) is 2.93. The standard InChI is InChI=1S/C21H22ClN3OS/c1-24-11-9-15(10-12-24)25-19(13-5-7-14(22)8-6-13)23-20-18(21(25)26)16-3-2-4-17(16)27-20/h5-8,15H,2-4,9-12H2,1H3. The minimum atomic E-state index is 0.152. The first-order valence-corrected chi connectivity index (χ1v) is 10.8. The predicted octanol–water partition coefficient (Wildman–Crippen LogP) is 4.53. The van der Waals surface area contributed by atoms with Gasteiger partial charge in [-0.2, -0.15) is 0 Å². The Kier molecular flexibility index (Phi) is 4.34. The highest BCUT2D eigenvalue weighted by Crippen LogP contribution is 2.37. The Balaban J connectivity index is 1.75. The van der Waals surface area contributed by atoms with Crippen molar-refractivity contribution in [2.45, 2.75) is 38.1 Å². The molecule has 3 heterocycles. The number of thiophene rings is 1. The van der Waals surface area contributed by atoms with Gasteiger partial charge in [-0.1, -0.05) is 11.6 Å². The molecular weight excluding hydrogens is 378 g/mol. The number of halogens is 1. The van der Waals surface area contributed by atoms with Crippen molar-refractivity contribution in [2.24, 2.45) is 0 Å². The number of nitrogens with zero attached hydrogens (tertiary/aromatic N) is 3. The maximum Gasteiger partial charge on any atom is 0.263 e. The van der Waals surface area contributed by atoms with Gasteiger partial charge in [-0.15, -0.1) is 11.3 Å². The zero-order valence-electron chi connectivity index (χ0n) is 15.4. The molecule has 6 heteroatoms. The van der Waals surface area contributed by atoms with Crippen molar-refractivity contribution in [1.29, 1.82) is 0 Å². The second-order valence-corrected chi connectivity index (χ2v) is 9.21. The van der Waals surface area contributed by atoms with E-state index in [4.69, 9.17) is 16.6 Å². The van der Waals surface area contributed by atoms with Gasteiger partial charge >= 0.3 is 0 Å². The van der Waals surface area contributed by atoms with Crippen molar-refractivity contribution in [2.75, 3.05) is 20.1 Å². The average molecular weight is 400 g/mol. The molecule has 0 N–H and O–H groups in total. The summed E-state index contributed by atoms with van der Waals surface area (Å²) in [6.45, 7) is 2.02. The summed E-state index contributed by atoms with van der Waals surface area (Å²) in [6.07, 6.45) is 5.22. The lowest BCUT2D eigenvalue weighted by Gasteiger charge is -2.31. The van der Waals surface area contributed by atoms with Crippen molar-refractivity contribution >= 4 is 33.2 Å². The fourth-order valence-corrected chi connectivity index (χ4v) is 5.83. The number of rotatable bonds is 2. The molecule has 27 heavy (non-hydrogen) atoms. The molecule has 0 bridgehead atoms. The van der Waals surface area contributed by atoms with Gasteiger partial charge in [-0.3, -0.25) is 9.36 Å². The Morgan fingerprint density at radius 1 is 1.15 bits per heavy atom. The van der Waals surface area contributed by atoms with Crippen LogP contribution in [0.5, 0.6) is 0 Å². The summed E-state index contributed by atoms with van der Waals surface area (Å²) in [7, 11) is 2.15. The van der Waals surface area contributed by atoms with E-state index in [1.165, 1.54) is 10.4 Å². The molecule has 1 fully saturated rings. The predicted molar refractivity (Wildman–Crippen MR) is 112 cm³/mol. The number of hydrogen-bond acceptors (Lipinski definition) is 4. The Labute approximate surface area is 167 Å². The summed E-state index contributed by atoms with van der Waals surface area (Å²) >= 11 is 7.80. The van der Waals surface area contributed by atoms with Crippen LogP contribution in [-0.2, 0) is 12.8 Å². The quantitative estimate of drug-likeness (QED) is 0.635. The minimum Gasteiger partial charge on any atom is -0.306 e. The van der Waals surface area contributed by atoms with Crippen LogP contribution in [0.2, 0.25) is 5.02 Å². The summed E-state index contributed by atoms with van der Waals surface area (Å²) in [5, 5.41) is 1.58. The molecule has 3 aromatic rings. The van der Waals surface area contributed by atoms with Crippen LogP contribution in [0.1, 0.15) is 35.7 Å². The summed E-state index contributed by atoms with van der Waals surface area (Å²) < 4.78 is 1.99. The lowest BCUT2D eigenvalue weighted by atomic mass is 10.0. The molecule has 140 valence electrons. The Morgan fingerprint density at radius 3 is 2.63 bits per heavy atom. The van der Waals surface area contributed by atoms with Gasteiger partial charge in [0.15, 0.2) is 0 Å². The number of benzene rings is 1. The molecule has 0 saturated carbocycles. The third-order valence-electron chi connectivity index (χ3n) is 5.93. The molecule has 0 amide bonds. The van der Waals surface area contributed by atoms with E-state index in [0.29, 0.717) is 5.02 Å². The monoisotopic (exact) mass is 399 g/mol. The summed E-state index contributed by atoms with van der Waals surface area (Å²) in [5.74, 6) is 0.790. The summed E-state index contributed by atoms with van der Waals surface area (Å²) in [4.78, 5) is 23.3. The van der Waals surface area contributed by atoms with Gasteiger partial charge in [0.2, 0.25) is 0 Å².